The summed E-state index contributed by atoms with van der Waals surface area (Å²) in [6, 6.07) is 7.91. The van der Waals surface area contributed by atoms with Crippen molar-refractivity contribution in [1.82, 2.24) is 10.2 Å². The van der Waals surface area contributed by atoms with Crippen molar-refractivity contribution < 1.29 is 35.6 Å². The molecule has 0 saturated carbocycles. The van der Waals surface area contributed by atoms with E-state index in [0.29, 0.717) is 10.4 Å². The van der Waals surface area contributed by atoms with Crippen LogP contribution in [-0.2, 0) is 32.3 Å². The number of hydrogen-bond donors (Lipinski definition) is 1. The van der Waals surface area contributed by atoms with E-state index in [1.165, 1.54) is 32.2 Å². The molecule has 180 valence electrons. The predicted octanol–water partition coefficient (Wildman–Crippen LogP) is 2.77. The summed E-state index contributed by atoms with van der Waals surface area (Å²) in [5, 5.41) is 2.36. The van der Waals surface area contributed by atoms with Gasteiger partial charge in [-0.05, 0) is 31.2 Å². The van der Waals surface area contributed by atoms with Crippen molar-refractivity contribution in [1.29, 1.82) is 0 Å². The van der Waals surface area contributed by atoms with Crippen LogP contribution < -0.4 is 9.62 Å². The molecule has 0 heterocycles. The third-order valence-corrected chi connectivity index (χ3v) is 5.99. The third-order valence-electron chi connectivity index (χ3n) is 4.85. The van der Waals surface area contributed by atoms with E-state index in [1.54, 1.807) is 0 Å². The largest absolute Gasteiger partial charge is 0.416 e. The van der Waals surface area contributed by atoms with Crippen LogP contribution in [0.25, 0.3) is 0 Å². The number of nitrogens with one attached hydrogen (secondary N) is 1. The molecular formula is C21H23F4N3O4S. The van der Waals surface area contributed by atoms with Crippen LogP contribution in [0.4, 0.5) is 23.2 Å². The van der Waals surface area contributed by atoms with E-state index in [1.807, 2.05) is 0 Å². The molecule has 0 spiro atoms. The van der Waals surface area contributed by atoms with Crippen molar-refractivity contribution in [2.45, 2.75) is 25.7 Å². The normalized spacial score (nSPS) is 12.7. The standard InChI is InChI=1S/C21H23F4N3O4S/c1-14(20(30)26-2)27(12-15-7-4-5-10-18(15)22)19(29)13-28(33(3,31)32)17-9-6-8-16(11-17)21(23,24)25/h4-11,14H,12-13H2,1-3H3,(H,26,30)/t14-/m0/s1. The minimum absolute atomic E-state index is 0.0755. The lowest BCUT2D eigenvalue weighted by molar-refractivity contribution is -0.139. The van der Waals surface area contributed by atoms with E-state index in [4.69, 9.17) is 0 Å². The lowest BCUT2D eigenvalue weighted by Crippen LogP contribution is -2.50. The predicted molar refractivity (Wildman–Crippen MR) is 114 cm³/mol. The fourth-order valence-corrected chi connectivity index (χ4v) is 3.89. The van der Waals surface area contributed by atoms with Crippen LogP contribution in [0.1, 0.15) is 18.1 Å². The SMILES string of the molecule is CNC(=O)[C@H](C)N(Cc1ccccc1F)C(=O)CN(c1cccc(C(F)(F)F)c1)S(C)(=O)=O. The van der Waals surface area contributed by atoms with E-state index in [-0.39, 0.29) is 17.8 Å². The highest BCUT2D eigenvalue weighted by Gasteiger charge is 2.33. The fourth-order valence-electron chi connectivity index (χ4n) is 3.05. The number of amides is 2. The number of carbonyl (C=O) groups is 2. The average Bonchev–Trinajstić information content (AvgIpc) is 2.74. The zero-order valence-electron chi connectivity index (χ0n) is 18.1. The van der Waals surface area contributed by atoms with Gasteiger partial charge in [-0.2, -0.15) is 13.2 Å². The summed E-state index contributed by atoms with van der Waals surface area (Å²) < 4.78 is 78.7. The maximum atomic E-state index is 14.2. The van der Waals surface area contributed by atoms with Crippen LogP contribution in [-0.4, -0.2) is 51.0 Å². The zero-order chi connectivity index (χ0) is 25.0. The second kappa shape index (κ2) is 10.2. The lowest BCUT2D eigenvalue weighted by Gasteiger charge is -2.31. The molecular weight excluding hydrogens is 466 g/mol. The van der Waals surface area contributed by atoms with Gasteiger partial charge in [0, 0.05) is 19.2 Å². The molecule has 2 aromatic rings. The minimum Gasteiger partial charge on any atom is -0.357 e. The third kappa shape index (κ3) is 6.67. The van der Waals surface area contributed by atoms with Gasteiger partial charge in [0.1, 0.15) is 18.4 Å². The van der Waals surface area contributed by atoms with Crippen molar-refractivity contribution in [3.63, 3.8) is 0 Å². The van der Waals surface area contributed by atoms with E-state index >= 15 is 0 Å². The Morgan fingerprint density at radius 2 is 1.73 bits per heavy atom. The number of carbonyl (C=O) groups excluding carboxylic acids is 2. The molecule has 0 fully saturated rings. The molecule has 1 N–H and O–H groups in total. The Labute approximate surface area is 189 Å². The topological polar surface area (TPSA) is 86.8 Å². The van der Waals surface area contributed by atoms with Crippen LogP contribution in [0, 0.1) is 5.82 Å². The Morgan fingerprint density at radius 3 is 2.27 bits per heavy atom. The van der Waals surface area contributed by atoms with Crippen molar-refractivity contribution >= 4 is 27.5 Å². The molecule has 0 unspecified atom stereocenters. The molecule has 0 radical (unpaired) electrons. The number of benzene rings is 2. The first kappa shape index (κ1) is 26.1. The van der Waals surface area contributed by atoms with Crippen molar-refractivity contribution in [3.8, 4) is 0 Å². The second-order valence-corrected chi connectivity index (χ2v) is 9.13. The average molecular weight is 489 g/mol. The highest BCUT2D eigenvalue weighted by molar-refractivity contribution is 7.92. The highest BCUT2D eigenvalue weighted by Crippen LogP contribution is 2.32. The molecule has 2 rings (SSSR count). The number of nitrogens with zero attached hydrogens (tertiary/aromatic N) is 2. The van der Waals surface area contributed by atoms with Gasteiger partial charge in [0.2, 0.25) is 21.8 Å². The van der Waals surface area contributed by atoms with Crippen molar-refractivity contribution in [3.05, 3.63) is 65.5 Å². The van der Waals surface area contributed by atoms with Gasteiger partial charge in [-0.1, -0.05) is 24.3 Å². The Kier molecular flexibility index (Phi) is 8.06. The molecule has 0 aliphatic carbocycles. The molecule has 7 nitrogen and oxygen atoms in total. The molecule has 0 aliphatic rings. The number of sulfonamides is 1. The van der Waals surface area contributed by atoms with Crippen molar-refractivity contribution in [2.75, 3.05) is 24.2 Å². The van der Waals surface area contributed by atoms with E-state index in [9.17, 15) is 35.6 Å². The lowest BCUT2D eigenvalue weighted by atomic mass is 10.1. The summed E-state index contributed by atoms with van der Waals surface area (Å²) in [5.74, 6) is -2.14. The smallest absolute Gasteiger partial charge is 0.357 e. The summed E-state index contributed by atoms with van der Waals surface area (Å²) in [6.07, 6.45) is -3.99. The number of likely N-dealkylation sites (N-methyl/N-ethyl adjacent to an activating group) is 1. The summed E-state index contributed by atoms with van der Waals surface area (Å²) in [6.45, 7) is 0.114. The summed E-state index contributed by atoms with van der Waals surface area (Å²) in [5.41, 5.74) is -1.39. The Hall–Kier alpha value is -3.15. The maximum absolute atomic E-state index is 14.2. The zero-order valence-corrected chi connectivity index (χ0v) is 18.9. The van der Waals surface area contributed by atoms with Crippen molar-refractivity contribution in [2.24, 2.45) is 0 Å². The molecule has 2 aromatic carbocycles. The van der Waals surface area contributed by atoms with Gasteiger partial charge in [-0.3, -0.25) is 13.9 Å². The van der Waals surface area contributed by atoms with Gasteiger partial charge in [0.05, 0.1) is 17.5 Å². The summed E-state index contributed by atoms with van der Waals surface area (Å²) >= 11 is 0. The van der Waals surface area contributed by atoms with Crippen LogP contribution in [0.2, 0.25) is 0 Å². The maximum Gasteiger partial charge on any atom is 0.416 e. The van der Waals surface area contributed by atoms with Gasteiger partial charge in [0.25, 0.3) is 0 Å². The highest BCUT2D eigenvalue weighted by atomic mass is 32.2. The molecule has 33 heavy (non-hydrogen) atoms. The van der Waals surface area contributed by atoms with Gasteiger partial charge in [-0.15, -0.1) is 0 Å². The molecule has 12 heteroatoms. The van der Waals surface area contributed by atoms with Crippen LogP contribution in [0.3, 0.4) is 0 Å². The number of rotatable bonds is 8. The van der Waals surface area contributed by atoms with Crippen LogP contribution in [0.5, 0.6) is 0 Å². The monoisotopic (exact) mass is 489 g/mol. The first-order valence-electron chi connectivity index (χ1n) is 9.65. The van der Waals surface area contributed by atoms with Gasteiger partial charge in [-0.25, -0.2) is 12.8 Å². The Bertz CT molecular complexity index is 1120. The number of anilines is 1. The van der Waals surface area contributed by atoms with E-state index in [0.717, 1.165) is 35.4 Å². The Balaban J connectivity index is 2.45. The second-order valence-electron chi connectivity index (χ2n) is 7.22. The van der Waals surface area contributed by atoms with Gasteiger partial charge >= 0.3 is 6.18 Å². The number of alkyl halides is 3. The quantitative estimate of drug-likeness (QED) is 0.578. The van der Waals surface area contributed by atoms with Crippen LogP contribution >= 0.6 is 0 Å². The molecule has 0 saturated heterocycles. The first-order chi connectivity index (χ1) is 15.3. The Morgan fingerprint density at radius 1 is 1.09 bits per heavy atom. The minimum atomic E-state index is -4.73. The van der Waals surface area contributed by atoms with E-state index in [2.05, 4.69) is 5.32 Å². The van der Waals surface area contributed by atoms with Crippen LogP contribution in [0.15, 0.2) is 48.5 Å². The van der Waals surface area contributed by atoms with Gasteiger partial charge in [0.15, 0.2) is 0 Å². The first-order valence-corrected chi connectivity index (χ1v) is 11.5. The van der Waals surface area contributed by atoms with Gasteiger partial charge < -0.3 is 10.2 Å². The summed E-state index contributed by atoms with van der Waals surface area (Å²) in [4.78, 5) is 26.3. The summed E-state index contributed by atoms with van der Waals surface area (Å²) in [7, 11) is -2.87. The fraction of sp³-hybridized carbons (Fsp3) is 0.333. The van der Waals surface area contributed by atoms with E-state index < -0.39 is 52.0 Å². The molecule has 2 amide bonds. The molecule has 0 aromatic heterocycles. The molecule has 0 aliphatic heterocycles. The molecule has 1 atom stereocenters. The number of hydrogen-bond acceptors (Lipinski definition) is 4. The molecule has 0 bridgehead atoms. The number of halogens is 4.